The molecule has 0 atom stereocenters. The summed E-state index contributed by atoms with van der Waals surface area (Å²) in [6.07, 6.45) is 1.76. The van der Waals surface area contributed by atoms with Crippen molar-refractivity contribution in [1.82, 2.24) is 9.38 Å². The molecule has 8 heteroatoms. The molecule has 0 spiro atoms. The van der Waals surface area contributed by atoms with E-state index in [1.807, 2.05) is 32.0 Å². The average Bonchev–Trinajstić information content (AvgIpc) is 2.79. The third-order valence-corrected chi connectivity index (χ3v) is 4.96. The van der Waals surface area contributed by atoms with E-state index < -0.39 is 0 Å². The smallest absolute Gasteiger partial charge is 0.323 e. The lowest BCUT2D eigenvalue weighted by Crippen LogP contribution is -2.19. The molecule has 2 heterocycles. The summed E-state index contributed by atoms with van der Waals surface area (Å²) in [7, 11) is 1.55. The van der Waals surface area contributed by atoms with Gasteiger partial charge in [0.2, 0.25) is 0 Å². The number of hydrogen-bond acceptors (Lipinski definition) is 5. The predicted molar refractivity (Wildman–Crippen MR) is 127 cm³/mol. The number of benzene rings is 2. The second-order valence-electron chi connectivity index (χ2n) is 7.62. The van der Waals surface area contributed by atoms with Gasteiger partial charge in [-0.2, -0.15) is 0 Å². The van der Waals surface area contributed by atoms with Crippen LogP contribution in [0.25, 0.3) is 5.65 Å². The molecule has 2 amide bonds. The monoisotopic (exact) mass is 444 g/mol. The molecule has 4 rings (SSSR count). The molecule has 0 unspecified atom stereocenters. The standard InChI is InChI=1S/C25H24N4O4/c1-16-4-10-22(32-3)21(12-16)28-25(31)27-18-6-8-20(9-7-18)33-15-19-13-24(30)29-14-17(2)5-11-23(29)26-19/h4-14H,15H2,1-3H3,(H2,27,28,31). The molecular weight excluding hydrogens is 420 g/mol. The number of ether oxygens (including phenoxy) is 2. The Morgan fingerprint density at radius 1 is 0.970 bits per heavy atom. The number of hydrogen-bond donors (Lipinski definition) is 2. The van der Waals surface area contributed by atoms with Crippen molar-refractivity contribution in [2.24, 2.45) is 0 Å². The molecule has 168 valence electrons. The van der Waals surface area contributed by atoms with E-state index in [9.17, 15) is 9.59 Å². The van der Waals surface area contributed by atoms with E-state index in [4.69, 9.17) is 9.47 Å². The van der Waals surface area contributed by atoms with E-state index in [2.05, 4.69) is 15.6 Å². The van der Waals surface area contributed by atoms with Gasteiger partial charge in [-0.25, -0.2) is 9.78 Å². The van der Waals surface area contributed by atoms with Crippen molar-refractivity contribution in [2.75, 3.05) is 17.7 Å². The number of aryl methyl sites for hydroxylation is 2. The van der Waals surface area contributed by atoms with Crippen LogP contribution in [0.1, 0.15) is 16.8 Å². The van der Waals surface area contributed by atoms with E-state index >= 15 is 0 Å². The molecule has 0 saturated carbocycles. The highest BCUT2D eigenvalue weighted by atomic mass is 16.5. The van der Waals surface area contributed by atoms with Crippen LogP contribution in [0.5, 0.6) is 11.5 Å². The largest absolute Gasteiger partial charge is 0.495 e. The lowest BCUT2D eigenvalue weighted by molar-refractivity contribution is 0.262. The zero-order valence-corrected chi connectivity index (χ0v) is 18.6. The first-order valence-corrected chi connectivity index (χ1v) is 10.4. The molecule has 0 saturated heterocycles. The Bertz CT molecular complexity index is 1360. The second-order valence-corrected chi connectivity index (χ2v) is 7.62. The lowest BCUT2D eigenvalue weighted by Gasteiger charge is -2.12. The first-order chi connectivity index (χ1) is 15.9. The summed E-state index contributed by atoms with van der Waals surface area (Å²) in [6, 6.07) is 17.3. The Labute approximate surface area is 190 Å². The van der Waals surface area contributed by atoms with Crippen LogP contribution < -0.4 is 25.7 Å². The fourth-order valence-corrected chi connectivity index (χ4v) is 3.33. The maximum Gasteiger partial charge on any atom is 0.323 e. The molecule has 0 bridgehead atoms. The van der Waals surface area contributed by atoms with Crippen molar-refractivity contribution < 1.29 is 14.3 Å². The quantitative estimate of drug-likeness (QED) is 0.455. The average molecular weight is 444 g/mol. The molecule has 2 aromatic heterocycles. The highest BCUT2D eigenvalue weighted by Crippen LogP contribution is 2.25. The summed E-state index contributed by atoms with van der Waals surface area (Å²) in [6.45, 7) is 4.01. The van der Waals surface area contributed by atoms with Gasteiger partial charge in [0.15, 0.2) is 0 Å². The van der Waals surface area contributed by atoms with Gasteiger partial charge >= 0.3 is 6.03 Å². The van der Waals surface area contributed by atoms with Crippen LogP contribution in [-0.2, 0) is 6.61 Å². The molecule has 33 heavy (non-hydrogen) atoms. The number of pyridine rings is 1. The van der Waals surface area contributed by atoms with E-state index in [0.717, 1.165) is 11.1 Å². The molecule has 0 aliphatic rings. The number of rotatable bonds is 6. The number of anilines is 2. The number of nitrogens with zero attached hydrogens (tertiary/aromatic N) is 2. The Hall–Kier alpha value is -4.33. The van der Waals surface area contributed by atoms with Crippen molar-refractivity contribution >= 4 is 23.1 Å². The molecule has 0 fully saturated rings. The highest BCUT2D eigenvalue weighted by molar-refractivity contribution is 6.00. The van der Waals surface area contributed by atoms with E-state index in [1.165, 1.54) is 10.5 Å². The first-order valence-electron chi connectivity index (χ1n) is 10.4. The topological polar surface area (TPSA) is 94.0 Å². The van der Waals surface area contributed by atoms with Crippen LogP contribution in [0.2, 0.25) is 0 Å². The van der Waals surface area contributed by atoms with E-state index in [1.54, 1.807) is 49.7 Å². The zero-order valence-electron chi connectivity index (χ0n) is 18.6. The minimum Gasteiger partial charge on any atom is -0.495 e. The molecule has 4 aromatic rings. The van der Waals surface area contributed by atoms with Crippen LogP contribution in [0, 0.1) is 13.8 Å². The van der Waals surface area contributed by atoms with Crippen molar-refractivity contribution in [3.05, 3.63) is 94.0 Å². The fourth-order valence-electron chi connectivity index (χ4n) is 3.33. The summed E-state index contributed by atoms with van der Waals surface area (Å²) in [4.78, 5) is 29.2. The van der Waals surface area contributed by atoms with E-state index in [-0.39, 0.29) is 18.2 Å². The Morgan fingerprint density at radius 3 is 2.48 bits per heavy atom. The van der Waals surface area contributed by atoms with Gasteiger partial charge < -0.3 is 20.1 Å². The summed E-state index contributed by atoms with van der Waals surface area (Å²) in [5.74, 6) is 1.17. The minimum atomic E-state index is -0.386. The Morgan fingerprint density at radius 2 is 1.73 bits per heavy atom. The van der Waals surface area contributed by atoms with Gasteiger partial charge in [0.25, 0.3) is 5.56 Å². The van der Waals surface area contributed by atoms with Crippen LogP contribution >= 0.6 is 0 Å². The summed E-state index contributed by atoms with van der Waals surface area (Å²) < 4.78 is 12.6. The fraction of sp³-hybridized carbons (Fsp3) is 0.160. The third kappa shape index (κ3) is 5.30. The van der Waals surface area contributed by atoms with E-state index in [0.29, 0.717) is 34.2 Å². The zero-order chi connectivity index (χ0) is 23.4. The SMILES string of the molecule is COc1ccc(C)cc1NC(=O)Nc1ccc(OCc2cc(=O)n3cc(C)ccc3n2)cc1. The maximum absolute atomic E-state index is 12.4. The Kier molecular flexibility index (Phi) is 6.26. The number of amides is 2. The van der Waals surface area contributed by atoms with Gasteiger partial charge in [0.05, 0.1) is 18.5 Å². The summed E-state index contributed by atoms with van der Waals surface area (Å²) >= 11 is 0. The lowest BCUT2D eigenvalue weighted by atomic mass is 10.2. The van der Waals surface area contributed by atoms with Gasteiger partial charge in [-0.3, -0.25) is 9.20 Å². The molecule has 0 aliphatic heterocycles. The van der Waals surface area contributed by atoms with Gasteiger partial charge in [0.1, 0.15) is 23.8 Å². The number of fused-ring (bicyclic) bond motifs is 1. The molecule has 2 N–H and O–H groups in total. The number of carbonyl (C=O) groups is 1. The van der Waals surface area contributed by atoms with Crippen LogP contribution in [0.15, 0.2) is 71.7 Å². The Balaban J connectivity index is 1.37. The number of carbonyl (C=O) groups excluding carboxylic acids is 1. The van der Waals surface area contributed by atoms with Crippen molar-refractivity contribution in [3.8, 4) is 11.5 Å². The van der Waals surface area contributed by atoms with Gasteiger partial charge in [-0.1, -0.05) is 12.1 Å². The molecule has 0 radical (unpaired) electrons. The van der Waals surface area contributed by atoms with Crippen LogP contribution in [0.4, 0.5) is 16.2 Å². The summed E-state index contributed by atoms with van der Waals surface area (Å²) in [5, 5.41) is 5.57. The van der Waals surface area contributed by atoms with Crippen molar-refractivity contribution in [1.29, 1.82) is 0 Å². The molecule has 2 aromatic carbocycles. The third-order valence-electron chi connectivity index (χ3n) is 4.96. The molecular formula is C25H24N4O4. The van der Waals surface area contributed by atoms with Gasteiger partial charge in [-0.05, 0) is 67.4 Å². The highest BCUT2D eigenvalue weighted by Gasteiger charge is 2.09. The number of methoxy groups -OCH3 is 1. The van der Waals surface area contributed by atoms with Gasteiger partial charge in [0, 0.05) is 18.0 Å². The van der Waals surface area contributed by atoms with Crippen LogP contribution in [0.3, 0.4) is 0 Å². The summed E-state index contributed by atoms with van der Waals surface area (Å²) in [5.41, 5.74) is 4.13. The second kappa shape index (κ2) is 9.44. The predicted octanol–water partition coefficient (Wildman–Crippen LogP) is 4.54. The van der Waals surface area contributed by atoms with Crippen molar-refractivity contribution in [3.63, 3.8) is 0 Å². The number of urea groups is 1. The molecule has 0 aliphatic carbocycles. The number of aromatic nitrogens is 2. The normalized spacial score (nSPS) is 10.6. The minimum absolute atomic E-state index is 0.153. The van der Waals surface area contributed by atoms with Gasteiger partial charge in [-0.15, -0.1) is 0 Å². The van der Waals surface area contributed by atoms with Crippen molar-refractivity contribution in [2.45, 2.75) is 20.5 Å². The number of nitrogens with one attached hydrogen (secondary N) is 2. The first kappa shape index (κ1) is 21.9. The maximum atomic E-state index is 12.4. The molecule has 8 nitrogen and oxygen atoms in total. The van der Waals surface area contributed by atoms with Crippen LogP contribution in [-0.4, -0.2) is 22.5 Å².